The number of benzene rings is 1. The molecule has 4 heteroatoms. The zero-order valence-corrected chi connectivity index (χ0v) is 8.90. The summed E-state index contributed by atoms with van der Waals surface area (Å²) in [5.74, 6) is 0.313. The average molecular weight is 217 g/mol. The fourth-order valence-electron chi connectivity index (χ4n) is 1.54. The second kappa shape index (κ2) is 3.81. The molecule has 0 aliphatic carbocycles. The molecule has 16 heavy (non-hydrogen) atoms. The Balaban J connectivity index is 2.48. The Bertz CT molecular complexity index is 479. The van der Waals surface area contributed by atoms with Gasteiger partial charge in [0.15, 0.2) is 12.4 Å². The molecule has 0 fully saturated rings. The van der Waals surface area contributed by atoms with Crippen LogP contribution in [0, 0.1) is 0 Å². The van der Waals surface area contributed by atoms with E-state index in [1.54, 1.807) is 25.2 Å². The van der Waals surface area contributed by atoms with Crippen LogP contribution in [0.4, 0.5) is 5.69 Å². The summed E-state index contributed by atoms with van der Waals surface area (Å²) in [6, 6.07) is 4.98. The van der Waals surface area contributed by atoms with Crippen LogP contribution in [-0.2, 0) is 4.79 Å². The molecule has 4 nitrogen and oxygen atoms in total. The van der Waals surface area contributed by atoms with Crippen LogP contribution in [-0.4, -0.2) is 25.3 Å². The average Bonchev–Trinajstić information content (AvgIpc) is 2.32. The van der Waals surface area contributed by atoms with Crippen molar-refractivity contribution in [3.05, 3.63) is 36.4 Å². The molecule has 0 saturated carbocycles. The van der Waals surface area contributed by atoms with E-state index < -0.39 is 0 Å². The van der Waals surface area contributed by atoms with Gasteiger partial charge in [-0.25, -0.2) is 0 Å². The standard InChI is InChI=1S/C12H11NO3/c1-3-10(14)8-4-5-11-9(6-8)13(2)12(15)7-16-11/h3-6H,1,7H2,2H3. The normalized spacial score (nSPS) is 14.1. The summed E-state index contributed by atoms with van der Waals surface area (Å²) in [6.07, 6.45) is 1.24. The van der Waals surface area contributed by atoms with Crippen LogP contribution in [0.25, 0.3) is 0 Å². The summed E-state index contributed by atoms with van der Waals surface area (Å²) in [4.78, 5) is 24.3. The Morgan fingerprint density at radius 3 is 3.00 bits per heavy atom. The van der Waals surface area contributed by atoms with Gasteiger partial charge in [-0.05, 0) is 24.3 Å². The smallest absolute Gasteiger partial charge is 0.264 e. The minimum Gasteiger partial charge on any atom is -0.482 e. The van der Waals surface area contributed by atoms with Gasteiger partial charge in [-0.3, -0.25) is 9.59 Å². The third kappa shape index (κ3) is 1.58. The second-order valence-electron chi connectivity index (χ2n) is 3.49. The first kappa shape index (κ1) is 10.4. The van der Waals surface area contributed by atoms with Crippen molar-refractivity contribution >= 4 is 17.4 Å². The predicted octanol–water partition coefficient (Wildman–Crippen LogP) is 1.41. The largest absolute Gasteiger partial charge is 0.482 e. The van der Waals surface area contributed by atoms with E-state index in [4.69, 9.17) is 4.74 Å². The topological polar surface area (TPSA) is 46.6 Å². The number of nitrogens with zero attached hydrogens (tertiary/aromatic N) is 1. The van der Waals surface area contributed by atoms with Crippen LogP contribution in [0.2, 0.25) is 0 Å². The van der Waals surface area contributed by atoms with Gasteiger partial charge < -0.3 is 9.64 Å². The van der Waals surface area contributed by atoms with Gasteiger partial charge in [0.2, 0.25) is 0 Å². The number of hydrogen-bond donors (Lipinski definition) is 0. The molecule has 82 valence electrons. The zero-order chi connectivity index (χ0) is 11.7. The van der Waals surface area contributed by atoms with Crippen molar-refractivity contribution in [1.82, 2.24) is 0 Å². The van der Waals surface area contributed by atoms with Crippen molar-refractivity contribution in [2.45, 2.75) is 0 Å². The maximum atomic E-state index is 11.4. The van der Waals surface area contributed by atoms with Crippen LogP contribution < -0.4 is 9.64 Å². The number of allylic oxidation sites excluding steroid dienone is 1. The highest BCUT2D eigenvalue weighted by molar-refractivity contribution is 6.06. The molecular weight excluding hydrogens is 206 g/mol. The monoisotopic (exact) mass is 217 g/mol. The predicted molar refractivity (Wildman–Crippen MR) is 59.9 cm³/mol. The number of rotatable bonds is 2. The van der Waals surface area contributed by atoms with E-state index >= 15 is 0 Å². The molecule has 2 rings (SSSR count). The molecular formula is C12H11NO3. The Kier molecular flexibility index (Phi) is 2.48. The van der Waals surface area contributed by atoms with E-state index in [1.165, 1.54) is 11.0 Å². The molecule has 0 N–H and O–H groups in total. The summed E-state index contributed by atoms with van der Waals surface area (Å²) in [5.41, 5.74) is 1.11. The van der Waals surface area contributed by atoms with Gasteiger partial charge >= 0.3 is 0 Å². The van der Waals surface area contributed by atoms with Crippen molar-refractivity contribution < 1.29 is 14.3 Å². The first-order valence-corrected chi connectivity index (χ1v) is 4.83. The number of hydrogen-bond acceptors (Lipinski definition) is 3. The minimum absolute atomic E-state index is 0.0399. The molecule has 1 aliphatic heterocycles. The fourth-order valence-corrected chi connectivity index (χ4v) is 1.54. The maximum absolute atomic E-state index is 11.4. The lowest BCUT2D eigenvalue weighted by atomic mass is 10.1. The van der Waals surface area contributed by atoms with Crippen molar-refractivity contribution in [2.24, 2.45) is 0 Å². The van der Waals surface area contributed by atoms with Gasteiger partial charge in [0, 0.05) is 12.6 Å². The Morgan fingerprint density at radius 1 is 1.56 bits per heavy atom. The molecule has 0 aromatic heterocycles. The lowest BCUT2D eigenvalue weighted by Crippen LogP contribution is -2.35. The number of amides is 1. The molecule has 1 aliphatic rings. The number of carbonyl (C=O) groups excluding carboxylic acids is 2. The Morgan fingerprint density at radius 2 is 2.31 bits per heavy atom. The maximum Gasteiger partial charge on any atom is 0.264 e. The highest BCUT2D eigenvalue weighted by Crippen LogP contribution is 2.31. The Labute approximate surface area is 93.1 Å². The van der Waals surface area contributed by atoms with Gasteiger partial charge in [0.05, 0.1) is 5.69 Å². The van der Waals surface area contributed by atoms with Crippen LogP contribution in [0.15, 0.2) is 30.9 Å². The second-order valence-corrected chi connectivity index (χ2v) is 3.49. The summed E-state index contributed by atoms with van der Waals surface area (Å²) in [7, 11) is 1.66. The number of anilines is 1. The lowest BCUT2D eigenvalue weighted by molar-refractivity contribution is -0.120. The van der Waals surface area contributed by atoms with Gasteiger partial charge in [-0.2, -0.15) is 0 Å². The van der Waals surface area contributed by atoms with Crippen LogP contribution in [0.5, 0.6) is 5.75 Å². The highest BCUT2D eigenvalue weighted by atomic mass is 16.5. The van der Waals surface area contributed by atoms with Crippen molar-refractivity contribution in [1.29, 1.82) is 0 Å². The van der Waals surface area contributed by atoms with Gasteiger partial charge in [0.25, 0.3) is 5.91 Å². The van der Waals surface area contributed by atoms with Crippen LogP contribution in [0.3, 0.4) is 0 Å². The van der Waals surface area contributed by atoms with E-state index in [1.807, 2.05) is 0 Å². The van der Waals surface area contributed by atoms with E-state index in [9.17, 15) is 9.59 Å². The Hall–Kier alpha value is -2.10. The summed E-state index contributed by atoms with van der Waals surface area (Å²) in [5, 5.41) is 0. The SMILES string of the molecule is C=CC(=O)c1ccc2c(c1)N(C)C(=O)CO2. The molecule has 1 amide bonds. The van der Waals surface area contributed by atoms with E-state index in [0.29, 0.717) is 17.0 Å². The molecule has 0 atom stereocenters. The minimum atomic E-state index is -0.172. The molecule has 0 radical (unpaired) electrons. The third-order valence-corrected chi connectivity index (χ3v) is 2.52. The summed E-state index contributed by atoms with van der Waals surface area (Å²) in [6.45, 7) is 3.46. The van der Waals surface area contributed by atoms with Crippen LogP contribution in [0.1, 0.15) is 10.4 Å². The number of likely N-dealkylation sites (N-methyl/N-ethyl adjacent to an activating group) is 1. The van der Waals surface area contributed by atoms with Gasteiger partial charge in [0.1, 0.15) is 5.75 Å². The number of fused-ring (bicyclic) bond motifs is 1. The molecule has 1 aromatic rings. The number of carbonyl (C=O) groups is 2. The summed E-state index contributed by atoms with van der Waals surface area (Å²) < 4.78 is 5.25. The van der Waals surface area contributed by atoms with Crippen molar-refractivity contribution in [3.63, 3.8) is 0 Å². The number of ether oxygens (including phenoxy) is 1. The van der Waals surface area contributed by atoms with Gasteiger partial charge in [-0.15, -0.1) is 0 Å². The fraction of sp³-hybridized carbons (Fsp3) is 0.167. The van der Waals surface area contributed by atoms with Crippen molar-refractivity contribution in [2.75, 3.05) is 18.6 Å². The van der Waals surface area contributed by atoms with Crippen LogP contribution >= 0.6 is 0 Å². The first-order chi connectivity index (χ1) is 7.63. The highest BCUT2D eigenvalue weighted by Gasteiger charge is 2.22. The molecule has 1 aromatic carbocycles. The van der Waals surface area contributed by atoms with Crippen molar-refractivity contribution in [3.8, 4) is 5.75 Å². The quantitative estimate of drug-likeness (QED) is 0.556. The summed E-state index contributed by atoms with van der Waals surface area (Å²) >= 11 is 0. The molecule has 0 unspecified atom stereocenters. The zero-order valence-electron chi connectivity index (χ0n) is 8.90. The number of ketones is 1. The third-order valence-electron chi connectivity index (χ3n) is 2.52. The molecule has 0 bridgehead atoms. The molecule has 1 heterocycles. The molecule has 0 spiro atoms. The van der Waals surface area contributed by atoms with Gasteiger partial charge in [-0.1, -0.05) is 6.58 Å². The van der Waals surface area contributed by atoms with E-state index in [2.05, 4.69) is 6.58 Å². The molecule has 0 saturated heterocycles. The van der Waals surface area contributed by atoms with E-state index in [-0.39, 0.29) is 18.3 Å². The van der Waals surface area contributed by atoms with E-state index in [0.717, 1.165) is 0 Å². The lowest BCUT2D eigenvalue weighted by Gasteiger charge is -2.26. The first-order valence-electron chi connectivity index (χ1n) is 4.83.